The molecule has 105 heavy (non-hydrogen) atoms. The first-order valence-corrected chi connectivity index (χ1v) is 33.2. The molecule has 0 bridgehead atoms. The molecule has 3 heterocycles. The molecule has 2 saturated heterocycles. The summed E-state index contributed by atoms with van der Waals surface area (Å²) in [5, 5.41) is 78.7. The van der Waals surface area contributed by atoms with E-state index in [9.17, 15) is 102 Å². The summed E-state index contributed by atoms with van der Waals surface area (Å²) < 4.78 is 0. The third-order valence-corrected chi connectivity index (χ3v) is 16.8. The Bertz CT molecular complexity index is 3650. The molecule has 0 aliphatic carbocycles. The lowest BCUT2D eigenvalue weighted by atomic mass is 10.0. The van der Waals surface area contributed by atoms with Crippen LogP contribution in [-0.2, 0) is 94.3 Å². The SMILES string of the molecule is CC(C)[C@H](N)C(=O)N[C@H](CO)C(=O)N[C@H](CC(N)=O)C(=O)N[C@H](CO)C(=O)N[C@H](CC(N)=O)C(=O)N[C@@H](Cc1c[nH]c2ccccc12)C(=O)N1CCC[C@H]1C(=O)N[C@H](CO)C(=O)N[C@H](Cc1ccccc1)C(=O)N1CCC[C@H]1C(=O)N[C@H](CO)C(=O)N[C@H](CO)C(=O)NCC(=O)NCC(=O)NCC(N)=O. The number of para-hydroxylation sites is 1. The highest BCUT2D eigenvalue weighted by Gasteiger charge is 2.43. The minimum Gasteiger partial charge on any atom is -0.394 e. The Balaban J connectivity index is 1.30. The Labute approximate surface area is 599 Å². The van der Waals surface area contributed by atoms with Crippen LogP contribution in [0.25, 0.3) is 10.9 Å². The predicted molar refractivity (Wildman–Crippen MR) is 363 cm³/mol. The van der Waals surface area contributed by atoms with Gasteiger partial charge in [-0.1, -0.05) is 62.4 Å². The Morgan fingerprint density at radius 2 is 0.810 bits per heavy atom. The van der Waals surface area contributed by atoms with Gasteiger partial charge in [0.25, 0.3) is 0 Å². The molecule has 12 atom stereocenters. The molecule has 0 saturated carbocycles. The van der Waals surface area contributed by atoms with Gasteiger partial charge < -0.3 is 127 Å². The van der Waals surface area contributed by atoms with E-state index in [1.807, 2.05) is 0 Å². The number of carbonyl (C=O) groups excluding carboxylic acids is 17. The fourth-order valence-electron chi connectivity index (χ4n) is 11.1. The number of aliphatic hydroxyl groups excluding tert-OH is 5. The summed E-state index contributed by atoms with van der Waals surface area (Å²) in [5.41, 5.74) is 23.2. The number of aliphatic hydroxyl groups is 5. The number of aromatic amines is 1. The average Bonchev–Trinajstić information content (AvgIpc) is 1.70. The third-order valence-electron chi connectivity index (χ3n) is 16.8. The topological polar surface area (TPSA) is 662 Å². The van der Waals surface area contributed by atoms with E-state index in [1.165, 1.54) is 6.20 Å². The van der Waals surface area contributed by atoms with Gasteiger partial charge in [-0.15, -0.1) is 0 Å². The van der Waals surface area contributed by atoms with Crippen LogP contribution >= 0.6 is 0 Å². The van der Waals surface area contributed by atoms with E-state index in [1.54, 1.807) is 68.4 Å². The second kappa shape index (κ2) is 41.1. The number of nitrogens with zero attached hydrogens (tertiary/aromatic N) is 2. The molecular formula is C64H91N19O22. The standard InChI is InChI=1S/C64H91N19O22/c1-31(2)52(68)62(103)81-44(30-88)57(98)74-37(21-48(66)90)55(96)78-41(27-85)56(97)73-36(20-47(65)89)54(95)76-39(19-33-22-69-35-13-7-6-12-34(33)35)64(105)83-17-9-15-46(83)61(102)79-42(28-86)58(99)75-38(18-32-10-4-3-5-11-32)63(104)82-16-8-14-45(82)60(101)80-43(29-87)59(100)77-40(26-84)53(94)72-25-51(93)71-24-50(92)70-23-49(67)91/h3-7,10-13,22,31,36-46,52,69,84-88H,8-9,14-21,23-30,68H2,1-2H3,(H2,65,89)(H2,66,90)(H2,67,91)(H,70,92)(H,71,93)(H,72,94)(H,73,97)(H,74,98)(H,75,99)(H,76,95)(H,77,100)(H,78,96)(H,79,102)(H,80,101)(H,81,103)/t36-,37-,38-,39+,40-,41-,42-,43-,44-,45+,46+,52+/m1/s1. The lowest BCUT2D eigenvalue weighted by Crippen LogP contribution is -2.62. The minimum absolute atomic E-state index is 0.00268. The van der Waals surface area contributed by atoms with Gasteiger partial charge in [0, 0.05) is 43.0 Å². The van der Waals surface area contributed by atoms with Gasteiger partial charge in [0.2, 0.25) is 100 Å². The van der Waals surface area contributed by atoms with Crippen molar-refractivity contribution in [2.24, 2.45) is 28.9 Å². The first kappa shape index (κ1) is 84.4. The Hall–Kier alpha value is -11.3. The maximum atomic E-state index is 15.0. The van der Waals surface area contributed by atoms with Crippen LogP contribution in [0.4, 0.5) is 0 Å². The largest absolute Gasteiger partial charge is 0.394 e. The summed E-state index contributed by atoms with van der Waals surface area (Å²) in [6.07, 6.45) is -0.596. The van der Waals surface area contributed by atoms with E-state index in [0.29, 0.717) is 22.0 Å². The van der Waals surface area contributed by atoms with E-state index in [4.69, 9.17) is 22.9 Å². The first-order chi connectivity index (χ1) is 49.8. The number of amides is 17. The van der Waals surface area contributed by atoms with Crippen molar-refractivity contribution >= 4 is 111 Å². The second-order valence-corrected chi connectivity index (χ2v) is 24.9. The normalized spacial score (nSPS) is 16.8. The highest BCUT2D eigenvalue weighted by atomic mass is 16.3. The Morgan fingerprint density at radius 1 is 0.438 bits per heavy atom. The lowest BCUT2D eigenvalue weighted by Gasteiger charge is -2.31. The number of carbonyl (C=O) groups is 17. The van der Waals surface area contributed by atoms with Crippen molar-refractivity contribution < 1.29 is 107 Å². The average molecular weight is 1480 g/mol. The van der Waals surface area contributed by atoms with Crippen LogP contribution in [0.3, 0.4) is 0 Å². The monoisotopic (exact) mass is 1480 g/mol. The van der Waals surface area contributed by atoms with Gasteiger partial charge in [0.1, 0.15) is 66.5 Å². The number of benzene rings is 2. The number of H-pyrrole nitrogens is 1. The molecule has 0 unspecified atom stereocenters. The van der Waals surface area contributed by atoms with Gasteiger partial charge in [-0.25, -0.2) is 0 Å². The summed E-state index contributed by atoms with van der Waals surface area (Å²) in [4.78, 5) is 231. The summed E-state index contributed by atoms with van der Waals surface area (Å²) in [6, 6.07) is -5.03. The molecule has 5 rings (SSSR count). The lowest BCUT2D eigenvalue weighted by molar-refractivity contribution is -0.144. The molecule has 41 nitrogen and oxygen atoms in total. The van der Waals surface area contributed by atoms with E-state index in [0.717, 1.165) is 9.80 Å². The molecule has 574 valence electrons. The van der Waals surface area contributed by atoms with Crippen LogP contribution < -0.4 is 86.7 Å². The number of nitrogens with one attached hydrogen (secondary N) is 13. The van der Waals surface area contributed by atoms with Crippen molar-refractivity contribution in [1.29, 1.82) is 0 Å². The van der Waals surface area contributed by atoms with Crippen molar-refractivity contribution in [3.8, 4) is 0 Å². The smallest absolute Gasteiger partial charge is 0.246 e. The van der Waals surface area contributed by atoms with Gasteiger partial charge in [-0.3, -0.25) is 81.5 Å². The van der Waals surface area contributed by atoms with Crippen LogP contribution in [0.2, 0.25) is 0 Å². The van der Waals surface area contributed by atoms with E-state index in [-0.39, 0.29) is 51.6 Å². The number of aromatic nitrogens is 1. The zero-order valence-electron chi connectivity index (χ0n) is 57.4. The van der Waals surface area contributed by atoms with Crippen molar-refractivity contribution in [3.05, 3.63) is 71.9 Å². The van der Waals surface area contributed by atoms with E-state index < -0.39 is 244 Å². The molecule has 26 N–H and O–H groups in total. The number of hydrogen-bond acceptors (Lipinski definition) is 23. The molecule has 2 fully saturated rings. The first-order valence-electron chi connectivity index (χ1n) is 33.2. The van der Waals surface area contributed by atoms with Crippen LogP contribution in [-0.4, -0.2) is 279 Å². The van der Waals surface area contributed by atoms with Gasteiger partial charge in [0.15, 0.2) is 0 Å². The molecule has 3 aromatic rings. The fraction of sp³-hybridized carbons (Fsp3) is 0.516. The molecule has 2 aromatic carbocycles. The highest BCUT2D eigenvalue weighted by Crippen LogP contribution is 2.25. The van der Waals surface area contributed by atoms with Crippen LogP contribution in [0.15, 0.2) is 60.8 Å². The van der Waals surface area contributed by atoms with Crippen molar-refractivity contribution in [2.75, 3.05) is 65.8 Å². The number of fused-ring (bicyclic) bond motifs is 1. The summed E-state index contributed by atoms with van der Waals surface area (Å²) in [7, 11) is 0. The molecule has 17 amide bonds. The van der Waals surface area contributed by atoms with Gasteiger partial charge >= 0.3 is 0 Å². The van der Waals surface area contributed by atoms with E-state index >= 15 is 4.79 Å². The number of rotatable bonds is 41. The fourth-order valence-corrected chi connectivity index (χ4v) is 11.1. The van der Waals surface area contributed by atoms with Crippen molar-refractivity contribution in [3.63, 3.8) is 0 Å². The molecule has 0 radical (unpaired) electrons. The van der Waals surface area contributed by atoms with Crippen LogP contribution in [0, 0.1) is 5.92 Å². The second-order valence-electron chi connectivity index (χ2n) is 24.9. The summed E-state index contributed by atoms with van der Waals surface area (Å²) >= 11 is 0. The van der Waals surface area contributed by atoms with Crippen molar-refractivity contribution in [1.82, 2.24) is 78.6 Å². The zero-order chi connectivity index (χ0) is 77.8. The maximum absolute atomic E-state index is 15.0. The molecule has 2 aliphatic heterocycles. The van der Waals surface area contributed by atoms with Crippen molar-refractivity contribution in [2.45, 2.75) is 138 Å². The molecule has 1 aromatic heterocycles. The highest BCUT2D eigenvalue weighted by molar-refractivity contribution is 6.02. The molecular weight excluding hydrogens is 1390 g/mol. The number of primary amides is 3. The summed E-state index contributed by atoms with van der Waals surface area (Å²) in [6.45, 7) is -4.28. The summed E-state index contributed by atoms with van der Waals surface area (Å²) in [5.74, 6) is -18.4. The Kier molecular flexibility index (Phi) is 33.1. The molecule has 0 spiro atoms. The van der Waals surface area contributed by atoms with Gasteiger partial charge in [0.05, 0.1) is 71.6 Å². The Morgan fingerprint density at radius 3 is 1.25 bits per heavy atom. The number of hydrogen-bond donors (Lipinski definition) is 22. The third kappa shape index (κ3) is 25.3. The predicted octanol–water partition coefficient (Wildman–Crippen LogP) is -12.2. The minimum atomic E-state index is -2.02. The maximum Gasteiger partial charge on any atom is 0.246 e. The molecule has 41 heteroatoms. The van der Waals surface area contributed by atoms with Gasteiger partial charge in [-0.2, -0.15) is 0 Å². The van der Waals surface area contributed by atoms with E-state index in [2.05, 4.69) is 68.8 Å². The van der Waals surface area contributed by atoms with Gasteiger partial charge in [-0.05, 0) is 48.8 Å². The number of likely N-dealkylation sites (tertiary alicyclic amines) is 2. The van der Waals surface area contributed by atoms with Crippen LogP contribution in [0.1, 0.15) is 63.5 Å². The zero-order valence-corrected chi connectivity index (χ0v) is 57.4. The van der Waals surface area contributed by atoms with Crippen LogP contribution in [0.5, 0.6) is 0 Å². The molecule has 2 aliphatic rings. The quantitative estimate of drug-likeness (QED) is 0.0251. The number of nitrogens with two attached hydrogens (primary N) is 4.